The number of rotatable bonds is 3. The van der Waals surface area contributed by atoms with Crippen molar-refractivity contribution in [2.45, 2.75) is 6.54 Å². The Kier molecular flexibility index (Phi) is 4.49. The Morgan fingerprint density at radius 1 is 1.17 bits per heavy atom. The Labute approximate surface area is 125 Å². The molecule has 1 heterocycles. The molecule has 2 nitrogen and oxygen atoms in total. The van der Waals surface area contributed by atoms with Crippen LogP contribution in [0.25, 0.3) is 0 Å². The molecule has 94 valence electrons. The summed E-state index contributed by atoms with van der Waals surface area (Å²) in [6.07, 6.45) is 1.64. The third kappa shape index (κ3) is 3.37. The van der Waals surface area contributed by atoms with Gasteiger partial charge in [-0.25, -0.2) is 4.98 Å². The van der Waals surface area contributed by atoms with E-state index in [4.69, 9.17) is 23.2 Å². The van der Waals surface area contributed by atoms with E-state index in [1.54, 1.807) is 6.20 Å². The van der Waals surface area contributed by atoms with Crippen LogP contribution in [0.4, 0.5) is 5.82 Å². The molecule has 0 aliphatic heterocycles. The first-order valence-electron chi connectivity index (χ1n) is 5.33. The number of anilines is 1. The van der Waals surface area contributed by atoms with Gasteiger partial charge in [-0.1, -0.05) is 35.3 Å². The molecule has 2 aromatic rings. The number of halogens is 3. The smallest absolute Gasteiger partial charge is 0.143 e. The molecular formula is C13H11BrCl2N2. The van der Waals surface area contributed by atoms with Crippen LogP contribution in [-0.2, 0) is 6.54 Å². The minimum Gasteiger partial charge on any atom is -0.354 e. The first-order chi connectivity index (χ1) is 8.56. The second-order valence-corrected chi connectivity index (χ2v) is 5.67. The maximum Gasteiger partial charge on any atom is 0.143 e. The Hall–Kier alpha value is -0.770. The highest BCUT2D eigenvalue weighted by molar-refractivity contribution is 9.10. The molecular weight excluding hydrogens is 335 g/mol. The Bertz CT molecular complexity index is 543. The van der Waals surface area contributed by atoms with E-state index in [1.165, 1.54) is 5.56 Å². The van der Waals surface area contributed by atoms with Crippen molar-refractivity contribution >= 4 is 44.9 Å². The first kappa shape index (κ1) is 13.7. The van der Waals surface area contributed by atoms with Gasteiger partial charge in [0.1, 0.15) is 5.82 Å². The predicted octanol–water partition coefficient (Wildman–Crippen LogP) is 4.79. The van der Waals surface area contributed by atoms with Gasteiger partial charge in [0.05, 0.1) is 9.50 Å². The summed E-state index contributed by atoms with van der Waals surface area (Å²) in [5, 5.41) is 1.36. The van der Waals surface area contributed by atoms with Crippen LogP contribution in [0.1, 0.15) is 5.56 Å². The van der Waals surface area contributed by atoms with Gasteiger partial charge in [0.25, 0.3) is 0 Å². The summed E-state index contributed by atoms with van der Waals surface area (Å²) in [5.74, 6) is 0.856. The molecule has 1 aromatic carbocycles. The third-order valence-electron chi connectivity index (χ3n) is 2.48. The molecule has 0 aliphatic rings. The largest absolute Gasteiger partial charge is 0.354 e. The molecule has 0 radical (unpaired) electrons. The van der Waals surface area contributed by atoms with Crippen LogP contribution >= 0.6 is 39.1 Å². The van der Waals surface area contributed by atoms with E-state index < -0.39 is 0 Å². The highest BCUT2D eigenvalue weighted by Crippen LogP contribution is 2.26. The fraction of sp³-hybridized carbons (Fsp3) is 0.154. The van der Waals surface area contributed by atoms with Crippen LogP contribution in [-0.4, -0.2) is 12.0 Å². The van der Waals surface area contributed by atoms with Crippen molar-refractivity contribution in [3.05, 3.63) is 56.6 Å². The van der Waals surface area contributed by atoms with E-state index in [0.717, 1.165) is 21.9 Å². The zero-order chi connectivity index (χ0) is 13.1. The average molecular weight is 346 g/mol. The van der Waals surface area contributed by atoms with E-state index in [-0.39, 0.29) is 0 Å². The standard InChI is InChI=1S/C13H11BrCl2N2/c1-18(8-9-2-4-10(15)5-3-9)13-12(14)6-11(16)7-17-13/h2-7H,8H2,1H3. The molecule has 5 heteroatoms. The van der Waals surface area contributed by atoms with Crippen LogP contribution in [0.5, 0.6) is 0 Å². The number of pyridine rings is 1. The van der Waals surface area contributed by atoms with Gasteiger partial charge in [-0.2, -0.15) is 0 Å². The van der Waals surface area contributed by atoms with Gasteiger partial charge in [0, 0.05) is 24.8 Å². The molecule has 0 fully saturated rings. The second kappa shape index (κ2) is 5.91. The summed E-state index contributed by atoms with van der Waals surface area (Å²) in [4.78, 5) is 6.36. The Balaban J connectivity index is 2.16. The summed E-state index contributed by atoms with van der Waals surface area (Å²) in [6.45, 7) is 0.754. The summed E-state index contributed by atoms with van der Waals surface area (Å²) < 4.78 is 0.881. The van der Waals surface area contributed by atoms with Crippen LogP contribution < -0.4 is 4.90 Å². The highest BCUT2D eigenvalue weighted by Gasteiger charge is 2.08. The Morgan fingerprint density at radius 3 is 2.44 bits per heavy atom. The molecule has 0 spiro atoms. The minimum atomic E-state index is 0.616. The van der Waals surface area contributed by atoms with Crippen LogP contribution in [0.2, 0.25) is 10.0 Å². The number of aromatic nitrogens is 1. The highest BCUT2D eigenvalue weighted by atomic mass is 79.9. The lowest BCUT2D eigenvalue weighted by atomic mass is 10.2. The molecule has 0 atom stereocenters. The van der Waals surface area contributed by atoms with Crippen molar-refractivity contribution in [3.63, 3.8) is 0 Å². The summed E-state index contributed by atoms with van der Waals surface area (Å²) in [7, 11) is 1.98. The normalized spacial score (nSPS) is 10.4. The molecule has 1 aromatic heterocycles. The summed E-state index contributed by atoms with van der Waals surface area (Å²) >= 11 is 15.2. The Morgan fingerprint density at radius 2 is 1.83 bits per heavy atom. The van der Waals surface area contributed by atoms with Gasteiger partial charge in [-0.3, -0.25) is 0 Å². The number of hydrogen-bond donors (Lipinski definition) is 0. The molecule has 0 N–H and O–H groups in total. The lowest BCUT2D eigenvalue weighted by molar-refractivity contribution is 0.894. The molecule has 0 amide bonds. The van der Waals surface area contributed by atoms with E-state index in [1.807, 2.05) is 42.3 Å². The fourth-order valence-corrected chi connectivity index (χ4v) is 2.69. The zero-order valence-electron chi connectivity index (χ0n) is 9.70. The van der Waals surface area contributed by atoms with Crippen molar-refractivity contribution in [1.82, 2.24) is 4.98 Å². The maximum atomic E-state index is 5.87. The zero-order valence-corrected chi connectivity index (χ0v) is 12.8. The van der Waals surface area contributed by atoms with Crippen molar-refractivity contribution in [1.29, 1.82) is 0 Å². The molecule has 18 heavy (non-hydrogen) atoms. The fourth-order valence-electron chi connectivity index (χ4n) is 1.63. The average Bonchev–Trinajstić information content (AvgIpc) is 2.32. The van der Waals surface area contributed by atoms with Gasteiger partial charge >= 0.3 is 0 Å². The van der Waals surface area contributed by atoms with Crippen LogP contribution in [0.3, 0.4) is 0 Å². The molecule has 0 saturated heterocycles. The van der Waals surface area contributed by atoms with Gasteiger partial charge in [-0.05, 0) is 39.7 Å². The number of benzene rings is 1. The van der Waals surface area contributed by atoms with E-state index in [2.05, 4.69) is 20.9 Å². The number of nitrogens with zero attached hydrogens (tertiary/aromatic N) is 2. The maximum absolute atomic E-state index is 5.87. The van der Waals surface area contributed by atoms with Gasteiger partial charge in [0.2, 0.25) is 0 Å². The molecule has 0 unspecified atom stereocenters. The molecule has 0 bridgehead atoms. The minimum absolute atomic E-state index is 0.616. The van der Waals surface area contributed by atoms with E-state index >= 15 is 0 Å². The summed E-state index contributed by atoms with van der Waals surface area (Å²) in [5.41, 5.74) is 1.17. The molecule has 0 saturated carbocycles. The monoisotopic (exact) mass is 344 g/mol. The van der Waals surface area contributed by atoms with Crippen molar-refractivity contribution < 1.29 is 0 Å². The van der Waals surface area contributed by atoms with Crippen molar-refractivity contribution in [2.75, 3.05) is 11.9 Å². The van der Waals surface area contributed by atoms with Crippen molar-refractivity contribution in [2.24, 2.45) is 0 Å². The van der Waals surface area contributed by atoms with Gasteiger partial charge < -0.3 is 4.90 Å². The van der Waals surface area contributed by atoms with E-state index in [0.29, 0.717) is 5.02 Å². The lowest BCUT2D eigenvalue weighted by Gasteiger charge is -2.19. The quantitative estimate of drug-likeness (QED) is 0.795. The van der Waals surface area contributed by atoms with Gasteiger partial charge in [0.15, 0.2) is 0 Å². The third-order valence-corrected chi connectivity index (χ3v) is 3.53. The van der Waals surface area contributed by atoms with Crippen molar-refractivity contribution in [3.8, 4) is 0 Å². The van der Waals surface area contributed by atoms with Crippen LogP contribution in [0, 0.1) is 0 Å². The topological polar surface area (TPSA) is 16.1 Å². The SMILES string of the molecule is CN(Cc1ccc(Cl)cc1)c1ncc(Cl)cc1Br. The molecule has 2 rings (SSSR count). The first-order valence-corrected chi connectivity index (χ1v) is 6.88. The molecule has 0 aliphatic carbocycles. The second-order valence-electron chi connectivity index (χ2n) is 3.94. The lowest BCUT2D eigenvalue weighted by Crippen LogP contribution is -2.18. The summed E-state index contributed by atoms with van der Waals surface area (Å²) in [6, 6.07) is 9.61. The van der Waals surface area contributed by atoms with Crippen LogP contribution in [0.15, 0.2) is 41.0 Å². The predicted molar refractivity (Wildman–Crippen MR) is 80.5 cm³/mol. The van der Waals surface area contributed by atoms with E-state index in [9.17, 15) is 0 Å². The van der Waals surface area contributed by atoms with Gasteiger partial charge in [-0.15, -0.1) is 0 Å². The number of hydrogen-bond acceptors (Lipinski definition) is 2.